The molecule has 0 spiro atoms. The monoisotopic (exact) mass is 378 g/mol. The van der Waals surface area contributed by atoms with Crippen LogP contribution in [0.25, 0.3) is 0 Å². The largest absolute Gasteiger partial charge is 0.328 e. The normalized spacial score (nSPS) is 16.9. The third kappa shape index (κ3) is 3.65. The van der Waals surface area contributed by atoms with E-state index in [1.165, 1.54) is 0 Å². The van der Waals surface area contributed by atoms with E-state index in [1.807, 2.05) is 57.4 Å². The van der Waals surface area contributed by atoms with E-state index in [2.05, 4.69) is 11.4 Å². The topological polar surface area (TPSA) is 78.1 Å². The minimum Gasteiger partial charge on any atom is -0.328 e. The van der Waals surface area contributed by atoms with Gasteiger partial charge in [0.1, 0.15) is 11.9 Å². The van der Waals surface area contributed by atoms with Crippen molar-refractivity contribution in [1.82, 2.24) is 4.57 Å². The molecule has 1 N–H and O–H groups in total. The number of nitriles is 1. The molecule has 0 bridgehead atoms. The highest BCUT2D eigenvalue weighted by Gasteiger charge is 2.36. The Morgan fingerprint density at radius 1 is 1.29 bits per heavy atom. The molecular formula is C22H26N4O2. The maximum Gasteiger partial charge on any atom is 0.230 e. The first-order valence-corrected chi connectivity index (χ1v) is 9.42. The van der Waals surface area contributed by atoms with Crippen molar-refractivity contribution in [3.63, 3.8) is 0 Å². The maximum atomic E-state index is 12.9. The Bertz CT molecular complexity index is 975. The molecule has 1 aliphatic rings. The van der Waals surface area contributed by atoms with Crippen molar-refractivity contribution >= 4 is 23.3 Å². The summed E-state index contributed by atoms with van der Waals surface area (Å²) >= 11 is 0. The smallest absolute Gasteiger partial charge is 0.230 e. The number of anilines is 2. The van der Waals surface area contributed by atoms with Crippen LogP contribution < -0.4 is 10.2 Å². The SMILES string of the molecule is Cc1cccc(N2CC(C(=O)Nc3cc(C#N)cn3C(C)(C)C)CC2=O)c1C. The van der Waals surface area contributed by atoms with Crippen LogP contribution in [0.1, 0.15) is 43.9 Å². The molecule has 1 atom stereocenters. The van der Waals surface area contributed by atoms with Crippen LogP contribution in [0.2, 0.25) is 0 Å². The Labute approximate surface area is 165 Å². The summed E-state index contributed by atoms with van der Waals surface area (Å²) in [5.74, 6) is -0.0973. The Hall–Kier alpha value is -3.07. The summed E-state index contributed by atoms with van der Waals surface area (Å²) in [5.41, 5.74) is 3.24. The number of hydrogen-bond acceptors (Lipinski definition) is 3. The maximum absolute atomic E-state index is 12.9. The summed E-state index contributed by atoms with van der Waals surface area (Å²) in [6.07, 6.45) is 1.92. The van der Waals surface area contributed by atoms with E-state index in [9.17, 15) is 14.9 Å². The van der Waals surface area contributed by atoms with E-state index in [0.717, 1.165) is 16.8 Å². The summed E-state index contributed by atoms with van der Waals surface area (Å²) < 4.78 is 1.88. The lowest BCUT2D eigenvalue weighted by Gasteiger charge is -2.25. The van der Waals surface area contributed by atoms with Gasteiger partial charge in [-0.3, -0.25) is 9.59 Å². The molecule has 6 heteroatoms. The van der Waals surface area contributed by atoms with Gasteiger partial charge >= 0.3 is 0 Å². The molecular weight excluding hydrogens is 352 g/mol. The minimum absolute atomic E-state index is 0.0437. The Morgan fingerprint density at radius 3 is 2.64 bits per heavy atom. The number of nitrogens with zero attached hydrogens (tertiary/aromatic N) is 3. The summed E-state index contributed by atoms with van der Waals surface area (Å²) in [6, 6.07) is 9.64. The quantitative estimate of drug-likeness (QED) is 0.884. The molecule has 1 aromatic heterocycles. The van der Waals surface area contributed by atoms with Gasteiger partial charge in [0.2, 0.25) is 11.8 Å². The van der Waals surface area contributed by atoms with Gasteiger partial charge in [0, 0.05) is 30.4 Å². The summed E-state index contributed by atoms with van der Waals surface area (Å²) in [4.78, 5) is 27.2. The third-order valence-corrected chi connectivity index (χ3v) is 5.29. The van der Waals surface area contributed by atoms with Gasteiger partial charge in [0.05, 0.1) is 11.5 Å². The molecule has 28 heavy (non-hydrogen) atoms. The molecule has 0 aliphatic carbocycles. The van der Waals surface area contributed by atoms with Gasteiger partial charge in [-0.25, -0.2) is 0 Å². The van der Waals surface area contributed by atoms with Crippen LogP contribution in [0.5, 0.6) is 0 Å². The highest BCUT2D eigenvalue weighted by atomic mass is 16.2. The van der Waals surface area contributed by atoms with Gasteiger partial charge < -0.3 is 14.8 Å². The first kappa shape index (κ1) is 19.7. The van der Waals surface area contributed by atoms with Crippen molar-refractivity contribution in [3.05, 3.63) is 47.2 Å². The second kappa shape index (κ2) is 7.16. The predicted octanol–water partition coefficient (Wildman–Crippen LogP) is 3.72. The van der Waals surface area contributed by atoms with Crippen molar-refractivity contribution < 1.29 is 9.59 Å². The fourth-order valence-electron chi connectivity index (χ4n) is 3.55. The average Bonchev–Trinajstić information content (AvgIpc) is 3.21. The molecule has 1 aromatic carbocycles. The van der Waals surface area contributed by atoms with Crippen LogP contribution in [0.3, 0.4) is 0 Å². The highest BCUT2D eigenvalue weighted by Crippen LogP contribution is 2.31. The zero-order valence-corrected chi connectivity index (χ0v) is 17.0. The number of carbonyl (C=O) groups is 2. The molecule has 6 nitrogen and oxygen atoms in total. The van der Waals surface area contributed by atoms with Crippen molar-refractivity contribution in [2.24, 2.45) is 5.92 Å². The number of carbonyl (C=O) groups excluding carboxylic acids is 2. The molecule has 1 saturated heterocycles. The Morgan fingerprint density at radius 2 is 2.00 bits per heavy atom. The van der Waals surface area contributed by atoms with Gasteiger partial charge in [-0.1, -0.05) is 12.1 Å². The summed E-state index contributed by atoms with van der Waals surface area (Å²) in [5, 5.41) is 12.1. The summed E-state index contributed by atoms with van der Waals surface area (Å²) in [6.45, 7) is 10.4. The average molecular weight is 378 g/mol. The first-order chi connectivity index (χ1) is 13.1. The fraction of sp³-hybridized carbons (Fsp3) is 0.409. The number of aryl methyl sites for hydroxylation is 1. The minimum atomic E-state index is -0.429. The second-order valence-corrected chi connectivity index (χ2v) is 8.38. The van der Waals surface area contributed by atoms with Crippen LogP contribution in [0.15, 0.2) is 30.5 Å². The van der Waals surface area contributed by atoms with Crippen molar-refractivity contribution in [2.75, 3.05) is 16.8 Å². The Balaban J connectivity index is 1.80. The molecule has 0 saturated carbocycles. The van der Waals surface area contributed by atoms with Crippen molar-refractivity contribution in [3.8, 4) is 6.07 Å². The molecule has 1 fully saturated rings. The number of amides is 2. The van der Waals surface area contributed by atoms with Crippen molar-refractivity contribution in [1.29, 1.82) is 5.26 Å². The third-order valence-electron chi connectivity index (χ3n) is 5.29. The highest BCUT2D eigenvalue weighted by molar-refractivity contribution is 6.03. The number of nitrogens with one attached hydrogen (secondary N) is 1. The van der Waals surface area contributed by atoms with E-state index >= 15 is 0 Å². The summed E-state index contributed by atoms with van der Waals surface area (Å²) in [7, 11) is 0. The van der Waals surface area contributed by atoms with E-state index in [0.29, 0.717) is 17.9 Å². The van der Waals surface area contributed by atoms with Gasteiger partial charge in [-0.15, -0.1) is 0 Å². The molecule has 2 amide bonds. The molecule has 3 rings (SSSR count). The van der Waals surface area contributed by atoms with Gasteiger partial charge in [-0.05, 0) is 57.9 Å². The first-order valence-electron chi connectivity index (χ1n) is 9.42. The van der Waals surface area contributed by atoms with Gasteiger partial charge in [-0.2, -0.15) is 5.26 Å². The van der Waals surface area contributed by atoms with Gasteiger partial charge in [0.25, 0.3) is 0 Å². The zero-order chi connectivity index (χ0) is 20.6. The molecule has 0 radical (unpaired) electrons. The van der Waals surface area contributed by atoms with Crippen molar-refractivity contribution in [2.45, 2.75) is 46.6 Å². The van der Waals surface area contributed by atoms with Crippen LogP contribution >= 0.6 is 0 Å². The Kier molecular flexibility index (Phi) is 5.03. The fourth-order valence-corrected chi connectivity index (χ4v) is 3.55. The standard InChI is InChI=1S/C22H26N4O2/c1-14-7-6-8-18(15(14)2)25-13-17(10-20(25)27)21(28)24-19-9-16(11-23)12-26(19)22(3,4)5/h6-9,12,17H,10,13H2,1-5H3,(H,24,28). The zero-order valence-electron chi connectivity index (χ0n) is 17.0. The number of rotatable bonds is 3. The number of benzene rings is 1. The molecule has 1 unspecified atom stereocenters. The van der Waals surface area contributed by atoms with Gasteiger partial charge in [0.15, 0.2) is 0 Å². The second-order valence-electron chi connectivity index (χ2n) is 8.38. The molecule has 2 heterocycles. The molecule has 2 aromatic rings. The van der Waals surface area contributed by atoms with E-state index in [1.54, 1.807) is 17.2 Å². The molecule has 1 aliphatic heterocycles. The van der Waals surface area contributed by atoms with Crippen LogP contribution in [0, 0.1) is 31.1 Å². The lowest BCUT2D eigenvalue weighted by molar-refractivity contribution is -0.122. The van der Waals surface area contributed by atoms with Crippen LogP contribution in [0.4, 0.5) is 11.5 Å². The van der Waals surface area contributed by atoms with E-state index in [-0.39, 0.29) is 23.8 Å². The number of aromatic nitrogens is 1. The van der Waals surface area contributed by atoms with Crippen LogP contribution in [-0.4, -0.2) is 22.9 Å². The lowest BCUT2D eigenvalue weighted by atomic mass is 10.1. The van der Waals surface area contributed by atoms with E-state index < -0.39 is 5.92 Å². The van der Waals surface area contributed by atoms with E-state index in [4.69, 9.17) is 0 Å². The number of hydrogen-bond donors (Lipinski definition) is 1. The molecule has 146 valence electrons. The lowest BCUT2D eigenvalue weighted by Crippen LogP contribution is -2.30. The van der Waals surface area contributed by atoms with Crippen LogP contribution in [-0.2, 0) is 15.1 Å². The predicted molar refractivity (Wildman–Crippen MR) is 109 cm³/mol.